The van der Waals surface area contributed by atoms with Gasteiger partial charge in [0.1, 0.15) is 0 Å². The molecule has 1 rings (SSSR count). The van der Waals surface area contributed by atoms with E-state index >= 15 is 0 Å². The number of allylic oxidation sites excluding steroid dienone is 5. The zero-order valence-corrected chi connectivity index (χ0v) is 7.88. The van der Waals surface area contributed by atoms with Crippen LogP contribution in [0.3, 0.4) is 0 Å². The highest BCUT2D eigenvalue weighted by Crippen LogP contribution is 2.25. The Morgan fingerprint density at radius 3 is 2.92 bits per heavy atom. The van der Waals surface area contributed by atoms with Crippen molar-refractivity contribution in [2.24, 2.45) is 11.7 Å². The average molecular weight is 163 g/mol. The lowest BCUT2D eigenvalue weighted by Crippen LogP contribution is -2.01. The van der Waals surface area contributed by atoms with E-state index in [4.69, 9.17) is 5.73 Å². The number of hydrogen-bond acceptors (Lipinski definition) is 1. The van der Waals surface area contributed by atoms with E-state index in [9.17, 15) is 0 Å². The summed E-state index contributed by atoms with van der Waals surface area (Å²) >= 11 is 0. The van der Waals surface area contributed by atoms with Crippen molar-refractivity contribution >= 4 is 0 Å². The van der Waals surface area contributed by atoms with Crippen LogP contribution in [0, 0.1) is 5.92 Å². The van der Waals surface area contributed by atoms with Crippen LogP contribution in [0.4, 0.5) is 0 Å². The van der Waals surface area contributed by atoms with Gasteiger partial charge in [0.2, 0.25) is 0 Å². The van der Waals surface area contributed by atoms with Crippen LogP contribution >= 0.6 is 0 Å². The molecule has 12 heavy (non-hydrogen) atoms. The Balaban J connectivity index is 2.51. The SMILES string of the molecule is CC1=C(C)CC(CC=CN)C=C1. The van der Waals surface area contributed by atoms with Gasteiger partial charge in [-0.2, -0.15) is 0 Å². The zero-order chi connectivity index (χ0) is 8.97. The van der Waals surface area contributed by atoms with E-state index in [1.54, 1.807) is 6.20 Å². The van der Waals surface area contributed by atoms with E-state index in [1.165, 1.54) is 17.6 Å². The van der Waals surface area contributed by atoms with E-state index in [1.807, 2.05) is 6.08 Å². The summed E-state index contributed by atoms with van der Waals surface area (Å²) in [6.07, 6.45) is 10.4. The normalized spacial score (nSPS) is 24.0. The topological polar surface area (TPSA) is 26.0 Å². The second-order valence-corrected chi connectivity index (χ2v) is 3.45. The smallest absolute Gasteiger partial charge is 0.0103 e. The maximum atomic E-state index is 5.29. The van der Waals surface area contributed by atoms with Gasteiger partial charge < -0.3 is 5.73 Å². The fraction of sp³-hybridized carbons (Fsp3) is 0.455. The average Bonchev–Trinajstić information content (AvgIpc) is 2.07. The Morgan fingerprint density at radius 2 is 2.33 bits per heavy atom. The summed E-state index contributed by atoms with van der Waals surface area (Å²) < 4.78 is 0. The summed E-state index contributed by atoms with van der Waals surface area (Å²) in [5.41, 5.74) is 8.22. The molecule has 2 N–H and O–H groups in total. The lowest BCUT2D eigenvalue weighted by Gasteiger charge is -2.17. The molecular weight excluding hydrogens is 146 g/mol. The molecule has 66 valence electrons. The minimum Gasteiger partial charge on any atom is -0.405 e. The highest BCUT2D eigenvalue weighted by molar-refractivity contribution is 5.27. The predicted octanol–water partition coefficient (Wildman–Crippen LogP) is 2.76. The molecule has 0 aromatic carbocycles. The molecule has 0 heterocycles. The Hall–Kier alpha value is -0.980. The molecule has 0 saturated heterocycles. The van der Waals surface area contributed by atoms with Crippen LogP contribution in [-0.4, -0.2) is 0 Å². The molecule has 0 aromatic heterocycles. The minimum atomic E-state index is 0.661. The van der Waals surface area contributed by atoms with Gasteiger partial charge >= 0.3 is 0 Å². The molecule has 0 radical (unpaired) electrons. The molecule has 1 aliphatic rings. The molecule has 1 nitrogen and oxygen atoms in total. The highest BCUT2D eigenvalue weighted by Gasteiger charge is 2.09. The van der Waals surface area contributed by atoms with Gasteiger partial charge in [-0.25, -0.2) is 0 Å². The number of hydrogen-bond donors (Lipinski definition) is 1. The summed E-state index contributed by atoms with van der Waals surface area (Å²) in [6.45, 7) is 4.37. The Labute approximate surface area is 74.7 Å². The molecule has 0 spiro atoms. The van der Waals surface area contributed by atoms with Crippen LogP contribution in [-0.2, 0) is 0 Å². The second kappa shape index (κ2) is 4.15. The minimum absolute atomic E-state index is 0.661. The summed E-state index contributed by atoms with van der Waals surface area (Å²) in [5.74, 6) is 0.661. The van der Waals surface area contributed by atoms with Crippen LogP contribution in [0.2, 0.25) is 0 Å². The van der Waals surface area contributed by atoms with Crippen molar-refractivity contribution in [2.45, 2.75) is 26.7 Å². The van der Waals surface area contributed by atoms with Crippen LogP contribution in [0.15, 0.2) is 35.6 Å². The lowest BCUT2D eigenvalue weighted by atomic mass is 9.89. The fourth-order valence-electron chi connectivity index (χ4n) is 1.46. The van der Waals surface area contributed by atoms with Crippen molar-refractivity contribution in [3.63, 3.8) is 0 Å². The predicted molar refractivity (Wildman–Crippen MR) is 53.6 cm³/mol. The Morgan fingerprint density at radius 1 is 1.58 bits per heavy atom. The molecule has 1 heteroatoms. The van der Waals surface area contributed by atoms with Gasteiger partial charge in [0.05, 0.1) is 0 Å². The molecule has 0 saturated carbocycles. The largest absolute Gasteiger partial charge is 0.405 e. The molecule has 1 atom stereocenters. The van der Waals surface area contributed by atoms with Crippen LogP contribution < -0.4 is 5.73 Å². The van der Waals surface area contributed by atoms with Crippen molar-refractivity contribution < 1.29 is 0 Å². The highest BCUT2D eigenvalue weighted by atomic mass is 14.5. The summed E-state index contributed by atoms with van der Waals surface area (Å²) in [6, 6.07) is 0. The van der Waals surface area contributed by atoms with Crippen molar-refractivity contribution in [1.29, 1.82) is 0 Å². The zero-order valence-electron chi connectivity index (χ0n) is 7.88. The van der Waals surface area contributed by atoms with Gasteiger partial charge in [-0.15, -0.1) is 0 Å². The molecule has 1 aliphatic carbocycles. The van der Waals surface area contributed by atoms with E-state index in [2.05, 4.69) is 26.0 Å². The summed E-state index contributed by atoms with van der Waals surface area (Å²) in [4.78, 5) is 0. The van der Waals surface area contributed by atoms with Crippen molar-refractivity contribution in [3.05, 3.63) is 35.6 Å². The van der Waals surface area contributed by atoms with Crippen LogP contribution in [0.1, 0.15) is 26.7 Å². The third-order valence-corrected chi connectivity index (χ3v) is 2.43. The lowest BCUT2D eigenvalue weighted by molar-refractivity contribution is 0.640. The maximum Gasteiger partial charge on any atom is -0.0103 e. The van der Waals surface area contributed by atoms with Crippen molar-refractivity contribution in [3.8, 4) is 0 Å². The van der Waals surface area contributed by atoms with Gasteiger partial charge in [-0.05, 0) is 38.8 Å². The first-order valence-electron chi connectivity index (χ1n) is 4.45. The molecule has 0 fully saturated rings. The van der Waals surface area contributed by atoms with E-state index in [0.29, 0.717) is 5.92 Å². The van der Waals surface area contributed by atoms with E-state index in [-0.39, 0.29) is 0 Å². The molecular formula is C11H17N. The van der Waals surface area contributed by atoms with Crippen molar-refractivity contribution in [1.82, 2.24) is 0 Å². The molecule has 0 amide bonds. The second-order valence-electron chi connectivity index (χ2n) is 3.45. The van der Waals surface area contributed by atoms with E-state index < -0.39 is 0 Å². The third-order valence-electron chi connectivity index (χ3n) is 2.43. The van der Waals surface area contributed by atoms with E-state index in [0.717, 1.165) is 6.42 Å². The molecule has 1 unspecified atom stereocenters. The summed E-state index contributed by atoms with van der Waals surface area (Å²) in [7, 11) is 0. The molecule has 0 bridgehead atoms. The monoisotopic (exact) mass is 163 g/mol. The first kappa shape index (κ1) is 9.11. The Kier molecular flexibility index (Phi) is 3.15. The quantitative estimate of drug-likeness (QED) is 0.665. The molecule has 0 aromatic rings. The van der Waals surface area contributed by atoms with Gasteiger partial charge in [0.15, 0.2) is 0 Å². The third kappa shape index (κ3) is 2.26. The van der Waals surface area contributed by atoms with Gasteiger partial charge in [0.25, 0.3) is 0 Å². The first-order valence-corrected chi connectivity index (χ1v) is 4.45. The van der Waals surface area contributed by atoms with Gasteiger partial charge in [-0.3, -0.25) is 0 Å². The maximum absolute atomic E-state index is 5.29. The first-order chi connectivity index (χ1) is 5.74. The van der Waals surface area contributed by atoms with Crippen LogP contribution in [0.5, 0.6) is 0 Å². The fourth-order valence-corrected chi connectivity index (χ4v) is 1.46. The standard InChI is InChI=1S/C11H17N/c1-9-5-6-11(4-3-7-12)8-10(9)2/h3,5-7,11H,4,8,12H2,1-2H3. The van der Waals surface area contributed by atoms with Gasteiger partial charge in [0, 0.05) is 0 Å². The number of rotatable bonds is 2. The Bertz CT molecular complexity index is 233. The van der Waals surface area contributed by atoms with Crippen molar-refractivity contribution in [2.75, 3.05) is 0 Å². The van der Waals surface area contributed by atoms with Crippen LogP contribution in [0.25, 0.3) is 0 Å². The molecule has 0 aliphatic heterocycles. The number of nitrogens with two attached hydrogens (primary N) is 1. The van der Waals surface area contributed by atoms with Gasteiger partial charge in [-0.1, -0.05) is 29.4 Å². The summed E-state index contributed by atoms with van der Waals surface area (Å²) in [5, 5.41) is 0.